The number of hydrogen-bond acceptors (Lipinski definition) is 5. The van der Waals surface area contributed by atoms with E-state index < -0.39 is 0 Å². The predicted octanol–water partition coefficient (Wildman–Crippen LogP) is 2.79. The fourth-order valence-corrected chi connectivity index (χ4v) is 3.88. The molecule has 5 N–H and O–H groups in total. The fraction of sp³-hybridized carbons (Fsp3) is 0.400. The molecule has 0 unspecified atom stereocenters. The third kappa shape index (κ3) is 3.51. The molecule has 0 radical (unpaired) electrons. The standard InChI is InChI=1S/C20H25N5O/c21-15-5-1-2-6-16(15)24-14-11-13-8-10-23-20(26)19(13)17(12-14)25-18-7-3-4-9-22-18/h3-4,7,9,11-12,15-16,24H,1-2,5-6,8,10,21H2,(H,22,25)(H,23,26)/t15-,16+/m0/s1. The Balaban J connectivity index is 1.67. The Hall–Kier alpha value is -2.60. The molecule has 1 amide bonds. The van der Waals surface area contributed by atoms with Crippen LogP contribution < -0.4 is 21.7 Å². The molecule has 26 heavy (non-hydrogen) atoms. The van der Waals surface area contributed by atoms with Gasteiger partial charge in [0.15, 0.2) is 0 Å². The smallest absolute Gasteiger partial charge is 0.253 e. The quantitative estimate of drug-likeness (QED) is 0.680. The van der Waals surface area contributed by atoms with E-state index in [-0.39, 0.29) is 18.0 Å². The van der Waals surface area contributed by atoms with Crippen molar-refractivity contribution in [3.63, 3.8) is 0 Å². The zero-order valence-corrected chi connectivity index (χ0v) is 14.8. The van der Waals surface area contributed by atoms with Crippen molar-refractivity contribution >= 4 is 23.1 Å². The van der Waals surface area contributed by atoms with Crippen molar-refractivity contribution in [3.8, 4) is 0 Å². The number of aromatic nitrogens is 1. The third-order valence-electron chi connectivity index (χ3n) is 5.23. The topological polar surface area (TPSA) is 92.1 Å². The minimum absolute atomic E-state index is 0.0365. The molecule has 0 spiro atoms. The second-order valence-corrected chi connectivity index (χ2v) is 7.10. The second kappa shape index (κ2) is 7.33. The van der Waals surface area contributed by atoms with E-state index in [0.29, 0.717) is 12.1 Å². The van der Waals surface area contributed by atoms with Gasteiger partial charge in [-0.2, -0.15) is 0 Å². The summed E-state index contributed by atoms with van der Waals surface area (Å²) in [5, 5.41) is 9.85. The van der Waals surface area contributed by atoms with Crippen molar-refractivity contribution < 1.29 is 4.79 Å². The van der Waals surface area contributed by atoms with Gasteiger partial charge < -0.3 is 21.7 Å². The first-order valence-electron chi connectivity index (χ1n) is 9.36. The first kappa shape index (κ1) is 16.8. The summed E-state index contributed by atoms with van der Waals surface area (Å²) in [5.74, 6) is 0.685. The minimum Gasteiger partial charge on any atom is -0.381 e. The average molecular weight is 351 g/mol. The molecule has 0 bridgehead atoms. The lowest BCUT2D eigenvalue weighted by Gasteiger charge is -2.31. The van der Waals surface area contributed by atoms with Gasteiger partial charge >= 0.3 is 0 Å². The summed E-state index contributed by atoms with van der Waals surface area (Å²) in [6, 6.07) is 10.2. The van der Waals surface area contributed by atoms with Crippen molar-refractivity contribution in [1.82, 2.24) is 10.3 Å². The Kier molecular flexibility index (Phi) is 4.75. The number of rotatable bonds is 4. The van der Waals surface area contributed by atoms with Crippen molar-refractivity contribution in [2.75, 3.05) is 17.2 Å². The number of nitrogens with one attached hydrogen (secondary N) is 3. The molecule has 1 fully saturated rings. The van der Waals surface area contributed by atoms with Gasteiger partial charge in [0, 0.05) is 30.5 Å². The van der Waals surface area contributed by atoms with Crippen molar-refractivity contribution in [2.24, 2.45) is 5.73 Å². The number of hydrogen-bond donors (Lipinski definition) is 4. The highest BCUT2D eigenvalue weighted by Gasteiger charge is 2.25. The molecule has 1 aromatic heterocycles. The highest BCUT2D eigenvalue weighted by atomic mass is 16.1. The predicted molar refractivity (Wildman–Crippen MR) is 104 cm³/mol. The minimum atomic E-state index is -0.0365. The van der Waals surface area contributed by atoms with Gasteiger partial charge in [0.2, 0.25) is 0 Å². The normalized spacial score (nSPS) is 22.3. The Labute approximate surface area is 153 Å². The SMILES string of the molecule is N[C@H]1CCCC[C@H]1Nc1cc2c(c(Nc3ccccn3)c1)C(=O)NCC2. The van der Waals surface area contributed by atoms with E-state index >= 15 is 0 Å². The van der Waals surface area contributed by atoms with Crippen LogP contribution in [-0.4, -0.2) is 29.5 Å². The van der Waals surface area contributed by atoms with E-state index in [2.05, 4.69) is 27.0 Å². The van der Waals surface area contributed by atoms with E-state index in [1.165, 1.54) is 12.8 Å². The number of carbonyl (C=O) groups is 1. The number of benzene rings is 1. The highest BCUT2D eigenvalue weighted by Crippen LogP contribution is 2.31. The van der Waals surface area contributed by atoms with Crippen LogP contribution in [0.1, 0.15) is 41.6 Å². The Morgan fingerprint density at radius 1 is 1.19 bits per heavy atom. The van der Waals surface area contributed by atoms with Gasteiger partial charge in [0.1, 0.15) is 5.82 Å². The molecule has 6 heteroatoms. The van der Waals surface area contributed by atoms with E-state index in [1.807, 2.05) is 24.3 Å². The number of fused-ring (bicyclic) bond motifs is 1. The molecule has 0 saturated heterocycles. The number of carbonyl (C=O) groups excluding carboxylic acids is 1. The van der Waals surface area contributed by atoms with E-state index in [4.69, 9.17) is 5.73 Å². The summed E-state index contributed by atoms with van der Waals surface area (Å²) >= 11 is 0. The first-order chi connectivity index (χ1) is 12.7. The summed E-state index contributed by atoms with van der Waals surface area (Å²) < 4.78 is 0. The third-order valence-corrected chi connectivity index (χ3v) is 5.23. The molecule has 2 aliphatic rings. The van der Waals surface area contributed by atoms with Crippen molar-refractivity contribution in [1.29, 1.82) is 0 Å². The summed E-state index contributed by atoms with van der Waals surface area (Å²) in [6.07, 6.45) is 7.11. The number of nitrogens with two attached hydrogens (primary N) is 1. The monoisotopic (exact) mass is 351 g/mol. The molecule has 136 valence electrons. The van der Waals surface area contributed by atoms with E-state index in [9.17, 15) is 4.79 Å². The molecule has 1 aromatic carbocycles. The van der Waals surface area contributed by atoms with Gasteiger partial charge in [0.25, 0.3) is 5.91 Å². The van der Waals surface area contributed by atoms with Crippen LogP contribution in [0.4, 0.5) is 17.2 Å². The van der Waals surface area contributed by atoms with Gasteiger partial charge in [-0.15, -0.1) is 0 Å². The van der Waals surface area contributed by atoms with Crippen LogP contribution in [0.3, 0.4) is 0 Å². The lowest BCUT2D eigenvalue weighted by atomic mass is 9.90. The fourth-order valence-electron chi connectivity index (χ4n) is 3.88. The zero-order valence-electron chi connectivity index (χ0n) is 14.8. The Morgan fingerprint density at radius 3 is 2.88 bits per heavy atom. The van der Waals surface area contributed by atoms with Crippen molar-refractivity contribution in [3.05, 3.63) is 47.7 Å². The lowest BCUT2D eigenvalue weighted by molar-refractivity contribution is 0.0947. The van der Waals surface area contributed by atoms with Gasteiger partial charge in [-0.25, -0.2) is 4.98 Å². The number of amides is 1. The second-order valence-electron chi connectivity index (χ2n) is 7.10. The van der Waals surface area contributed by atoms with Gasteiger partial charge in [-0.3, -0.25) is 4.79 Å². The van der Waals surface area contributed by atoms with Crippen LogP contribution in [0.2, 0.25) is 0 Å². The van der Waals surface area contributed by atoms with Crippen LogP contribution in [0.15, 0.2) is 36.5 Å². The van der Waals surface area contributed by atoms with Crippen LogP contribution in [0.5, 0.6) is 0 Å². The largest absolute Gasteiger partial charge is 0.381 e. The summed E-state index contributed by atoms with van der Waals surface area (Å²) in [7, 11) is 0. The number of pyridine rings is 1. The first-order valence-corrected chi connectivity index (χ1v) is 9.36. The molecule has 4 rings (SSSR count). The van der Waals surface area contributed by atoms with Gasteiger partial charge in [-0.05, 0) is 49.1 Å². The molecule has 1 aliphatic heterocycles. The molecule has 2 heterocycles. The Morgan fingerprint density at radius 2 is 2.08 bits per heavy atom. The molecule has 6 nitrogen and oxygen atoms in total. The summed E-state index contributed by atoms with van der Waals surface area (Å²) in [5.41, 5.74) is 9.86. The number of nitrogens with zero attached hydrogens (tertiary/aromatic N) is 1. The highest BCUT2D eigenvalue weighted by molar-refractivity contribution is 6.03. The van der Waals surface area contributed by atoms with Gasteiger partial charge in [-0.1, -0.05) is 18.9 Å². The molecule has 2 aromatic rings. The summed E-state index contributed by atoms with van der Waals surface area (Å²) in [4.78, 5) is 16.8. The molecule has 1 aliphatic carbocycles. The van der Waals surface area contributed by atoms with E-state index in [0.717, 1.165) is 42.0 Å². The van der Waals surface area contributed by atoms with Crippen molar-refractivity contribution in [2.45, 2.75) is 44.2 Å². The van der Waals surface area contributed by atoms with Gasteiger partial charge in [0.05, 0.1) is 11.3 Å². The zero-order chi connectivity index (χ0) is 17.9. The molecule has 2 atom stereocenters. The van der Waals surface area contributed by atoms with Crippen LogP contribution in [0, 0.1) is 0 Å². The van der Waals surface area contributed by atoms with Crippen LogP contribution >= 0.6 is 0 Å². The molecule has 1 saturated carbocycles. The van der Waals surface area contributed by atoms with E-state index in [1.54, 1.807) is 6.20 Å². The summed E-state index contributed by atoms with van der Waals surface area (Å²) in [6.45, 7) is 0.668. The average Bonchev–Trinajstić information content (AvgIpc) is 2.64. The molecular formula is C20H25N5O. The maximum atomic E-state index is 12.4. The number of anilines is 3. The Bertz CT molecular complexity index is 792. The van der Waals surface area contributed by atoms with Crippen LogP contribution in [0.25, 0.3) is 0 Å². The lowest BCUT2D eigenvalue weighted by Crippen LogP contribution is -2.42. The van der Waals surface area contributed by atoms with Crippen LogP contribution in [-0.2, 0) is 6.42 Å². The molecular weight excluding hydrogens is 326 g/mol. The maximum Gasteiger partial charge on any atom is 0.253 e. The maximum absolute atomic E-state index is 12.4.